The van der Waals surface area contributed by atoms with Crippen molar-refractivity contribution in [3.63, 3.8) is 0 Å². The number of nitrogens with zero attached hydrogens (tertiary/aromatic N) is 1. The van der Waals surface area contributed by atoms with E-state index in [0.717, 1.165) is 0 Å². The number of aliphatic hydroxyl groups is 1. The zero-order valence-corrected chi connectivity index (χ0v) is 13.3. The predicted molar refractivity (Wildman–Crippen MR) is 77.2 cm³/mol. The molecule has 112 valence electrons. The first-order valence-corrected chi connectivity index (χ1v) is 8.21. The zero-order valence-electron chi connectivity index (χ0n) is 10.9. The predicted octanol–water partition coefficient (Wildman–Crippen LogP) is 1.54. The number of benzene rings is 1. The summed E-state index contributed by atoms with van der Waals surface area (Å²) in [6.45, 7) is 2.09. The van der Waals surface area contributed by atoms with E-state index in [1.165, 1.54) is 22.5 Å². The lowest BCUT2D eigenvalue weighted by atomic mass is 10.2. The summed E-state index contributed by atoms with van der Waals surface area (Å²) in [4.78, 5) is 10.9. The van der Waals surface area contributed by atoms with Crippen LogP contribution in [0.15, 0.2) is 27.6 Å². The van der Waals surface area contributed by atoms with Gasteiger partial charge in [-0.25, -0.2) is 13.2 Å². The average molecular weight is 366 g/mol. The second-order valence-electron chi connectivity index (χ2n) is 4.02. The summed E-state index contributed by atoms with van der Waals surface area (Å²) in [5, 5.41) is 17.7. The molecule has 0 aliphatic rings. The van der Waals surface area contributed by atoms with Crippen LogP contribution in [-0.2, 0) is 10.0 Å². The van der Waals surface area contributed by atoms with Gasteiger partial charge in [0, 0.05) is 24.2 Å². The van der Waals surface area contributed by atoms with Gasteiger partial charge in [0.15, 0.2) is 0 Å². The maximum atomic E-state index is 12.4. The minimum Gasteiger partial charge on any atom is -0.478 e. The summed E-state index contributed by atoms with van der Waals surface area (Å²) in [6.07, 6.45) is 0.345. The Morgan fingerprint density at radius 3 is 2.50 bits per heavy atom. The fourth-order valence-corrected chi connectivity index (χ4v) is 4.20. The number of aromatic carboxylic acids is 1. The molecule has 1 aromatic carbocycles. The van der Waals surface area contributed by atoms with Crippen LogP contribution in [0.5, 0.6) is 0 Å². The average Bonchev–Trinajstić information content (AvgIpc) is 2.38. The van der Waals surface area contributed by atoms with Gasteiger partial charge < -0.3 is 10.2 Å². The van der Waals surface area contributed by atoms with Gasteiger partial charge in [-0.15, -0.1) is 0 Å². The molecule has 0 bridgehead atoms. The molecule has 6 nitrogen and oxygen atoms in total. The number of carboxylic acids is 1. The van der Waals surface area contributed by atoms with Gasteiger partial charge in [0.2, 0.25) is 10.0 Å². The fraction of sp³-hybridized carbons (Fsp3) is 0.417. The summed E-state index contributed by atoms with van der Waals surface area (Å²) in [6, 6.07) is 3.78. The molecule has 1 rings (SSSR count). The molecule has 20 heavy (non-hydrogen) atoms. The van der Waals surface area contributed by atoms with Crippen LogP contribution in [-0.4, -0.2) is 48.6 Å². The lowest BCUT2D eigenvalue weighted by molar-refractivity contribution is 0.0696. The molecule has 0 aliphatic carbocycles. The Kier molecular flexibility index (Phi) is 6.12. The second kappa shape index (κ2) is 7.16. The molecule has 0 spiro atoms. The number of sulfonamides is 1. The molecule has 0 amide bonds. The summed E-state index contributed by atoms with van der Waals surface area (Å²) in [5.74, 6) is -1.12. The van der Waals surface area contributed by atoms with E-state index < -0.39 is 16.0 Å². The van der Waals surface area contributed by atoms with Gasteiger partial charge >= 0.3 is 5.97 Å². The van der Waals surface area contributed by atoms with E-state index in [1.54, 1.807) is 6.92 Å². The molecule has 0 aromatic heterocycles. The molecule has 0 saturated carbocycles. The quantitative estimate of drug-likeness (QED) is 0.763. The van der Waals surface area contributed by atoms with Crippen LogP contribution in [0.3, 0.4) is 0 Å². The molecule has 0 atom stereocenters. The Hall–Kier alpha value is -0.960. The number of rotatable bonds is 7. The third-order valence-electron chi connectivity index (χ3n) is 2.71. The lowest BCUT2D eigenvalue weighted by Crippen LogP contribution is -2.32. The summed E-state index contributed by atoms with van der Waals surface area (Å²) < 4.78 is 26.3. The number of carbonyl (C=O) groups is 1. The molecular formula is C12H16BrNO5S. The van der Waals surface area contributed by atoms with E-state index in [0.29, 0.717) is 6.42 Å². The maximum absolute atomic E-state index is 12.4. The van der Waals surface area contributed by atoms with Crippen LogP contribution < -0.4 is 0 Å². The van der Waals surface area contributed by atoms with Crippen LogP contribution in [0.2, 0.25) is 0 Å². The Labute approximate surface area is 126 Å². The number of carboxylic acid groups (broad SMARTS) is 1. The molecule has 0 saturated heterocycles. The van der Waals surface area contributed by atoms with E-state index in [-0.39, 0.29) is 34.6 Å². The molecular weight excluding hydrogens is 350 g/mol. The van der Waals surface area contributed by atoms with Crippen LogP contribution in [0.25, 0.3) is 0 Å². The van der Waals surface area contributed by atoms with Crippen LogP contribution >= 0.6 is 15.9 Å². The van der Waals surface area contributed by atoms with Crippen molar-refractivity contribution in [2.45, 2.75) is 18.2 Å². The maximum Gasteiger partial charge on any atom is 0.335 e. The van der Waals surface area contributed by atoms with Crippen molar-refractivity contribution >= 4 is 31.9 Å². The van der Waals surface area contributed by atoms with E-state index in [4.69, 9.17) is 10.2 Å². The zero-order chi connectivity index (χ0) is 15.3. The van der Waals surface area contributed by atoms with Crippen LogP contribution in [0.1, 0.15) is 23.7 Å². The first-order valence-electron chi connectivity index (χ1n) is 5.98. The Balaban J connectivity index is 3.17. The Morgan fingerprint density at radius 1 is 1.40 bits per heavy atom. The first kappa shape index (κ1) is 17.1. The van der Waals surface area contributed by atoms with Crippen molar-refractivity contribution < 1.29 is 23.4 Å². The molecule has 0 radical (unpaired) electrons. The molecule has 1 aromatic rings. The molecule has 8 heteroatoms. The highest BCUT2D eigenvalue weighted by Crippen LogP contribution is 2.26. The first-order chi connectivity index (χ1) is 9.34. The van der Waals surface area contributed by atoms with Crippen molar-refractivity contribution in [2.75, 3.05) is 19.7 Å². The minimum atomic E-state index is -3.71. The number of hydrogen-bond donors (Lipinski definition) is 2. The van der Waals surface area contributed by atoms with Crippen molar-refractivity contribution in [1.29, 1.82) is 0 Å². The van der Waals surface area contributed by atoms with Gasteiger partial charge in [-0.1, -0.05) is 6.92 Å². The Morgan fingerprint density at radius 2 is 2.05 bits per heavy atom. The third kappa shape index (κ3) is 3.78. The summed E-state index contributed by atoms with van der Waals surface area (Å²) >= 11 is 3.10. The van der Waals surface area contributed by atoms with Gasteiger partial charge in [0.25, 0.3) is 0 Å². The molecule has 0 fully saturated rings. The SMILES string of the molecule is CCN(CCCO)S(=O)(=O)c1ccc(C(=O)O)cc1Br. The molecule has 0 unspecified atom stereocenters. The topological polar surface area (TPSA) is 94.9 Å². The molecule has 0 heterocycles. The van der Waals surface area contributed by atoms with Crippen molar-refractivity contribution in [1.82, 2.24) is 4.31 Å². The van der Waals surface area contributed by atoms with Crippen LogP contribution in [0.4, 0.5) is 0 Å². The van der Waals surface area contributed by atoms with Crippen molar-refractivity contribution in [3.8, 4) is 0 Å². The van der Waals surface area contributed by atoms with Gasteiger partial charge in [0.1, 0.15) is 0 Å². The van der Waals surface area contributed by atoms with Gasteiger partial charge in [0.05, 0.1) is 10.5 Å². The second-order valence-corrected chi connectivity index (χ2v) is 6.78. The minimum absolute atomic E-state index is 0.00855. The highest BCUT2D eigenvalue weighted by atomic mass is 79.9. The number of hydrogen-bond acceptors (Lipinski definition) is 4. The molecule has 0 aliphatic heterocycles. The number of aliphatic hydroxyl groups excluding tert-OH is 1. The van der Waals surface area contributed by atoms with E-state index in [1.807, 2.05) is 0 Å². The number of halogens is 1. The van der Waals surface area contributed by atoms with Gasteiger partial charge in [-0.05, 0) is 40.5 Å². The Bertz CT molecular complexity index is 588. The standard InChI is InChI=1S/C12H16BrNO5S/c1-2-14(6-3-7-15)20(18,19)11-5-4-9(12(16)17)8-10(11)13/h4-5,8,15H,2-3,6-7H2,1H3,(H,16,17). The van der Waals surface area contributed by atoms with Gasteiger partial charge in [-0.2, -0.15) is 4.31 Å². The monoisotopic (exact) mass is 365 g/mol. The van der Waals surface area contributed by atoms with Crippen LogP contribution in [0, 0.1) is 0 Å². The van der Waals surface area contributed by atoms with Gasteiger partial charge in [-0.3, -0.25) is 0 Å². The highest BCUT2D eigenvalue weighted by Gasteiger charge is 2.25. The normalized spacial score (nSPS) is 11.8. The summed E-state index contributed by atoms with van der Waals surface area (Å²) in [5.41, 5.74) is 0.00855. The largest absolute Gasteiger partial charge is 0.478 e. The van der Waals surface area contributed by atoms with Crippen molar-refractivity contribution in [3.05, 3.63) is 28.2 Å². The summed E-state index contributed by atoms with van der Waals surface area (Å²) in [7, 11) is -3.71. The third-order valence-corrected chi connectivity index (χ3v) is 5.67. The van der Waals surface area contributed by atoms with E-state index in [2.05, 4.69) is 15.9 Å². The smallest absolute Gasteiger partial charge is 0.335 e. The van der Waals surface area contributed by atoms with Crippen molar-refractivity contribution in [2.24, 2.45) is 0 Å². The van der Waals surface area contributed by atoms with E-state index >= 15 is 0 Å². The molecule has 2 N–H and O–H groups in total. The highest BCUT2D eigenvalue weighted by molar-refractivity contribution is 9.10. The fourth-order valence-electron chi connectivity index (χ4n) is 1.68. The van der Waals surface area contributed by atoms with E-state index in [9.17, 15) is 13.2 Å². The lowest BCUT2D eigenvalue weighted by Gasteiger charge is -2.20.